The number of nitrogens with zero attached hydrogens (tertiary/aromatic N) is 1. The van der Waals surface area contributed by atoms with Crippen molar-refractivity contribution in [1.82, 2.24) is 4.90 Å². The zero-order valence-electron chi connectivity index (χ0n) is 9.90. The first kappa shape index (κ1) is 11.7. The van der Waals surface area contributed by atoms with E-state index in [1.165, 1.54) is 0 Å². The maximum atomic E-state index is 12.1. The molecule has 1 aliphatic heterocycles. The Kier molecular flexibility index (Phi) is 2.92. The van der Waals surface area contributed by atoms with Crippen LogP contribution in [0.3, 0.4) is 0 Å². The van der Waals surface area contributed by atoms with Gasteiger partial charge in [-0.15, -0.1) is 0 Å². The summed E-state index contributed by atoms with van der Waals surface area (Å²) in [6, 6.07) is 1.80. The largest absolute Gasteiger partial charge is 0.481 e. The molecule has 1 saturated heterocycles. The third-order valence-electron chi connectivity index (χ3n) is 3.06. The van der Waals surface area contributed by atoms with Crippen LogP contribution >= 0.6 is 0 Å². The van der Waals surface area contributed by atoms with Crippen LogP contribution in [0, 0.1) is 19.8 Å². The Hall–Kier alpha value is -1.78. The highest BCUT2D eigenvalue weighted by atomic mass is 16.4. The molecule has 92 valence electrons. The van der Waals surface area contributed by atoms with E-state index in [0.717, 1.165) is 5.56 Å². The highest BCUT2D eigenvalue weighted by Crippen LogP contribution is 2.22. The van der Waals surface area contributed by atoms with E-state index in [0.29, 0.717) is 24.5 Å². The van der Waals surface area contributed by atoms with Gasteiger partial charge in [0.25, 0.3) is 5.91 Å². The number of carboxylic acid groups (broad SMARTS) is 1. The Morgan fingerprint density at radius 2 is 2.18 bits per heavy atom. The zero-order valence-corrected chi connectivity index (χ0v) is 9.90. The number of hydrogen-bond acceptors (Lipinski definition) is 3. The number of furan rings is 1. The second-order valence-corrected chi connectivity index (χ2v) is 4.44. The van der Waals surface area contributed by atoms with E-state index in [1.807, 2.05) is 6.92 Å². The Morgan fingerprint density at radius 1 is 1.47 bits per heavy atom. The fourth-order valence-electron chi connectivity index (χ4n) is 2.14. The number of carbonyl (C=O) groups excluding carboxylic acids is 1. The van der Waals surface area contributed by atoms with E-state index in [2.05, 4.69) is 0 Å². The van der Waals surface area contributed by atoms with Crippen LogP contribution in [0.1, 0.15) is 28.3 Å². The van der Waals surface area contributed by atoms with Crippen molar-refractivity contribution in [3.8, 4) is 0 Å². The van der Waals surface area contributed by atoms with Crippen LogP contribution < -0.4 is 0 Å². The lowest BCUT2D eigenvalue weighted by molar-refractivity contribution is -0.141. The summed E-state index contributed by atoms with van der Waals surface area (Å²) in [5, 5.41) is 8.88. The van der Waals surface area contributed by atoms with E-state index in [9.17, 15) is 9.59 Å². The third kappa shape index (κ3) is 2.18. The summed E-state index contributed by atoms with van der Waals surface area (Å²) in [7, 11) is 0. The van der Waals surface area contributed by atoms with Crippen molar-refractivity contribution in [1.29, 1.82) is 0 Å². The fourth-order valence-corrected chi connectivity index (χ4v) is 2.14. The summed E-state index contributed by atoms with van der Waals surface area (Å²) in [4.78, 5) is 24.5. The van der Waals surface area contributed by atoms with Crippen LogP contribution in [0.5, 0.6) is 0 Å². The number of likely N-dealkylation sites (tertiary alicyclic amines) is 1. The molecule has 2 rings (SSSR count). The summed E-state index contributed by atoms with van der Waals surface area (Å²) in [6.45, 7) is 4.35. The van der Waals surface area contributed by atoms with Crippen LogP contribution in [0.15, 0.2) is 10.5 Å². The fraction of sp³-hybridized carbons (Fsp3) is 0.500. The molecule has 1 atom stereocenters. The highest BCUT2D eigenvalue weighted by Gasteiger charge is 2.32. The van der Waals surface area contributed by atoms with Gasteiger partial charge in [-0.2, -0.15) is 0 Å². The summed E-state index contributed by atoms with van der Waals surface area (Å²) in [5.41, 5.74) is 0.797. The van der Waals surface area contributed by atoms with E-state index in [1.54, 1.807) is 17.9 Å². The van der Waals surface area contributed by atoms with Gasteiger partial charge in [-0.05, 0) is 26.3 Å². The van der Waals surface area contributed by atoms with Crippen LogP contribution in [0.4, 0.5) is 0 Å². The van der Waals surface area contributed by atoms with Gasteiger partial charge >= 0.3 is 5.97 Å². The molecule has 1 fully saturated rings. The van der Waals surface area contributed by atoms with Crippen molar-refractivity contribution in [3.05, 3.63) is 23.2 Å². The molecule has 2 heterocycles. The number of aliphatic carboxylic acids is 1. The Labute approximate surface area is 99.0 Å². The van der Waals surface area contributed by atoms with E-state index >= 15 is 0 Å². The third-order valence-corrected chi connectivity index (χ3v) is 3.06. The maximum Gasteiger partial charge on any atom is 0.308 e. The van der Waals surface area contributed by atoms with Gasteiger partial charge in [0.05, 0.1) is 5.92 Å². The molecule has 0 aliphatic carbocycles. The van der Waals surface area contributed by atoms with Crippen molar-refractivity contribution >= 4 is 11.9 Å². The molecular formula is C12H15NO4. The topological polar surface area (TPSA) is 70.8 Å². The molecule has 1 N–H and O–H groups in total. The molecule has 1 aromatic heterocycles. The minimum Gasteiger partial charge on any atom is -0.481 e. The average molecular weight is 237 g/mol. The van der Waals surface area contributed by atoms with Gasteiger partial charge in [-0.1, -0.05) is 0 Å². The summed E-state index contributed by atoms with van der Waals surface area (Å²) in [5.74, 6) is -0.476. The molecule has 0 spiro atoms. The molecule has 1 amide bonds. The zero-order chi connectivity index (χ0) is 12.6. The lowest BCUT2D eigenvalue weighted by atomic mass is 10.1. The van der Waals surface area contributed by atoms with E-state index in [4.69, 9.17) is 9.52 Å². The number of aryl methyl sites for hydroxylation is 2. The van der Waals surface area contributed by atoms with Crippen LogP contribution in [-0.2, 0) is 4.79 Å². The van der Waals surface area contributed by atoms with Gasteiger partial charge in [0.2, 0.25) is 0 Å². The minimum atomic E-state index is -0.840. The van der Waals surface area contributed by atoms with Crippen molar-refractivity contribution in [2.24, 2.45) is 5.92 Å². The lowest BCUT2D eigenvalue weighted by Crippen LogP contribution is -2.30. The summed E-state index contributed by atoms with van der Waals surface area (Å²) >= 11 is 0. The lowest BCUT2D eigenvalue weighted by Gasteiger charge is -2.14. The molecule has 0 bridgehead atoms. The predicted molar refractivity (Wildman–Crippen MR) is 59.8 cm³/mol. The smallest absolute Gasteiger partial charge is 0.308 e. The van der Waals surface area contributed by atoms with E-state index < -0.39 is 11.9 Å². The Morgan fingerprint density at radius 3 is 2.65 bits per heavy atom. The SMILES string of the molecule is Cc1cc(C)c(C(=O)N2CCC(C(=O)O)C2)o1. The number of rotatable bonds is 2. The van der Waals surface area contributed by atoms with Crippen molar-refractivity contribution < 1.29 is 19.1 Å². The molecule has 0 radical (unpaired) electrons. The minimum absolute atomic E-state index is 0.209. The first-order valence-corrected chi connectivity index (χ1v) is 5.58. The normalized spacial score (nSPS) is 19.6. The number of amides is 1. The second-order valence-electron chi connectivity index (χ2n) is 4.44. The Balaban J connectivity index is 2.12. The number of hydrogen-bond donors (Lipinski definition) is 1. The van der Waals surface area contributed by atoms with Crippen LogP contribution in [0.2, 0.25) is 0 Å². The monoisotopic (exact) mass is 237 g/mol. The molecule has 1 aliphatic rings. The van der Waals surface area contributed by atoms with Crippen LogP contribution in [0.25, 0.3) is 0 Å². The summed E-state index contributed by atoms with van der Waals surface area (Å²) < 4.78 is 5.35. The molecule has 0 saturated carbocycles. The van der Waals surface area contributed by atoms with Crippen molar-refractivity contribution in [3.63, 3.8) is 0 Å². The quantitative estimate of drug-likeness (QED) is 0.845. The van der Waals surface area contributed by atoms with Gasteiger partial charge in [0.1, 0.15) is 5.76 Å². The standard InChI is InChI=1S/C12H15NO4/c1-7-5-8(2)17-10(7)11(14)13-4-3-9(6-13)12(15)16/h5,9H,3-4,6H2,1-2H3,(H,15,16). The average Bonchev–Trinajstić information content (AvgIpc) is 2.84. The Bertz CT molecular complexity index is 463. The van der Waals surface area contributed by atoms with Crippen molar-refractivity contribution in [2.45, 2.75) is 20.3 Å². The molecular weight excluding hydrogens is 222 g/mol. The molecule has 1 unspecified atom stereocenters. The van der Waals surface area contributed by atoms with Gasteiger partial charge in [-0.25, -0.2) is 0 Å². The summed E-state index contributed by atoms with van der Waals surface area (Å²) in [6.07, 6.45) is 0.514. The van der Waals surface area contributed by atoms with Crippen molar-refractivity contribution in [2.75, 3.05) is 13.1 Å². The maximum absolute atomic E-state index is 12.1. The number of carbonyl (C=O) groups is 2. The second kappa shape index (κ2) is 4.24. The molecule has 17 heavy (non-hydrogen) atoms. The van der Waals surface area contributed by atoms with Crippen LogP contribution in [-0.4, -0.2) is 35.0 Å². The van der Waals surface area contributed by atoms with Gasteiger partial charge in [0, 0.05) is 18.7 Å². The molecule has 1 aromatic rings. The van der Waals surface area contributed by atoms with Gasteiger partial charge < -0.3 is 14.4 Å². The molecule has 5 nitrogen and oxygen atoms in total. The first-order chi connectivity index (χ1) is 7.99. The van der Waals surface area contributed by atoms with Gasteiger partial charge in [0.15, 0.2) is 5.76 Å². The predicted octanol–water partition coefficient (Wildman–Crippen LogP) is 1.44. The molecule has 0 aromatic carbocycles. The van der Waals surface area contributed by atoms with E-state index in [-0.39, 0.29) is 12.5 Å². The number of carboxylic acids is 1. The first-order valence-electron chi connectivity index (χ1n) is 5.58. The molecule has 5 heteroatoms. The van der Waals surface area contributed by atoms with Gasteiger partial charge in [-0.3, -0.25) is 9.59 Å². The highest BCUT2D eigenvalue weighted by molar-refractivity contribution is 5.93.